The molecule has 2 heterocycles. The lowest BCUT2D eigenvalue weighted by molar-refractivity contribution is 0.347. The Morgan fingerprint density at radius 1 is 1.36 bits per heavy atom. The van der Waals surface area contributed by atoms with Crippen LogP contribution in [-0.2, 0) is 0 Å². The zero-order valence-electron chi connectivity index (χ0n) is 7.38. The van der Waals surface area contributed by atoms with E-state index < -0.39 is 0 Å². The van der Waals surface area contributed by atoms with E-state index in [1.54, 1.807) is 0 Å². The second kappa shape index (κ2) is 2.79. The molecule has 2 aromatic rings. The minimum absolute atomic E-state index is 0.622. The fourth-order valence-electron chi connectivity index (χ4n) is 1.76. The molecule has 3 heteroatoms. The van der Waals surface area contributed by atoms with Crippen LogP contribution in [0.2, 0.25) is 5.02 Å². The first-order chi connectivity index (χ1) is 6.86. The molecule has 0 spiro atoms. The van der Waals surface area contributed by atoms with Crippen LogP contribution in [0.4, 0.5) is 0 Å². The molecule has 0 aliphatic carbocycles. The summed E-state index contributed by atoms with van der Waals surface area (Å²) in [7, 11) is 0. The minimum atomic E-state index is 0.622. The van der Waals surface area contributed by atoms with Crippen LogP contribution in [0, 0.1) is 0 Å². The monoisotopic (exact) mass is 205 g/mol. The lowest BCUT2D eigenvalue weighted by atomic mass is 10.1. The van der Waals surface area contributed by atoms with Crippen molar-refractivity contribution in [1.82, 2.24) is 4.98 Å². The topological polar surface area (TPSA) is 25.0 Å². The van der Waals surface area contributed by atoms with E-state index in [1.807, 2.05) is 24.3 Å². The van der Waals surface area contributed by atoms with Gasteiger partial charge in [0, 0.05) is 10.9 Å². The number of aromatic amines is 1. The van der Waals surface area contributed by atoms with Crippen LogP contribution in [0.5, 0.6) is 5.88 Å². The van der Waals surface area contributed by atoms with Gasteiger partial charge in [0.2, 0.25) is 0 Å². The third-order valence-corrected chi connectivity index (χ3v) is 2.71. The van der Waals surface area contributed by atoms with Gasteiger partial charge in [0.25, 0.3) is 0 Å². The predicted octanol–water partition coefficient (Wildman–Crippen LogP) is 3.23. The molecule has 0 saturated heterocycles. The van der Waals surface area contributed by atoms with Crippen LogP contribution in [0.25, 0.3) is 17.0 Å². The van der Waals surface area contributed by atoms with Gasteiger partial charge >= 0.3 is 0 Å². The van der Waals surface area contributed by atoms with Gasteiger partial charge in [-0.2, -0.15) is 0 Å². The molecule has 0 amide bonds. The quantitative estimate of drug-likeness (QED) is 0.702. The van der Waals surface area contributed by atoms with Crippen molar-refractivity contribution < 1.29 is 4.74 Å². The first kappa shape index (κ1) is 7.94. The normalized spacial score (nSPS) is 14.1. The smallest absolute Gasteiger partial charge is 0.199 e. The first-order valence-electron chi connectivity index (χ1n) is 4.46. The van der Waals surface area contributed by atoms with Gasteiger partial charge in [-0.1, -0.05) is 23.7 Å². The fourth-order valence-corrected chi connectivity index (χ4v) is 1.98. The van der Waals surface area contributed by atoms with Crippen LogP contribution in [-0.4, -0.2) is 11.6 Å². The second-order valence-corrected chi connectivity index (χ2v) is 3.65. The molecule has 1 aliphatic heterocycles. The average molecular weight is 206 g/mol. The Morgan fingerprint density at radius 2 is 2.29 bits per heavy atom. The van der Waals surface area contributed by atoms with Crippen molar-refractivity contribution in [2.24, 2.45) is 0 Å². The van der Waals surface area contributed by atoms with Crippen LogP contribution < -0.4 is 4.74 Å². The highest BCUT2D eigenvalue weighted by Gasteiger charge is 2.13. The Bertz CT molecular complexity index is 527. The molecule has 14 heavy (non-hydrogen) atoms. The number of ether oxygens (including phenoxy) is 1. The Morgan fingerprint density at radius 3 is 3.21 bits per heavy atom. The predicted molar refractivity (Wildman–Crippen MR) is 57.8 cm³/mol. The summed E-state index contributed by atoms with van der Waals surface area (Å²) in [5.74, 6) is 0.815. The number of rotatable bonds is 0. The van der Waals surface area contributed by atoms with Crippen molar-refractivity contribution >= 4 is 28.6 Å². The summed E-state index contributed by atoms with van der Waals surface area (Å²) in [6, 6.07) is 5.85. The molecule has 2 nitrogen and oxygen atoms in total. The number of fused-ring (bicyclic) bond motifs is 3. The zero-order valence-corrected chi connectivity index (χ0v) is 8.14. The Labute approximate surface area is 86.1 Å². The van der Waals surface area contributed by atoms with Crippen molar-refractivity contribution in [3.8, 4) is 5.88 Å². The van der Waals surface area contributed by atoms with E-state index in [0.29, 0.717) is 6.61 Å². The number of halogens is 1. The van der Waals surface area contributed by atoms with Crippen LogP contribution >= 0.6 is 11.6 Å². The van der Waals surface area contributed by atoms with Gasteiger partial charge in [0.15, 0.2) is 5.88 Å². The van der Waals surface area contributed by atoms with Crippen molar-refractivity contribution in [3.63, 3.8) is 0 Å². The largest absolute Gasteiger partial charge is 0.474 e. The van der Waals surface area contributed by atoms with E-state index in [1.165, 1.54) is 0 Å². The number of benzene rings is 1. The highest BCUT2D eigenvalue weighted by Crippen LogP contribution is 2.34. The summed E-state index contributed by atoms with van der Waals surface area (Å²) < 4.78 is 5.46. The summed E-state index contributed by atoms with van der Waals surface area (Å²) >= 11 is 6.07. The zero-order chi connectivity index (χ0) is 9.54. The Balaban J connectivity index is 2.43. The summed E-state index contributed by atoms with van der Waals surface area (Å²) in [5.41, 5.74) is 2.04. The SMILES string of the molecule is Clc1cccc2c3c([nH]c12)OCC=C3. The number of hydrogen-bond acceptors (Lipinski definition) is 1. The Hall–Kier alpha value is -1.41. The van der Waals surface area contributed by atoms with Gasteiger partial charge in [0.05, 0.1) is 10.5 Å². The molecule has 3 rings (SSSR count). The number of nitrogens with one attached hydrogen (secondary N) is 1. The Kier molecular flexibility index (Phi) is 1.58. The van der Waals surface area contributed by atoms with Crippen molar-refractivity contribution in [1.29, 1.82) is 0 Å². The molecule has 0 fully saturated rings. The van der Waals surface area contributed by atoms with Crippen LogP contribution in [0.1, 0.15) is 5.56 Å². The summed E-state index contributed by atoms with van der Waals surface area (Å²) in [4.78, 5) is 3.18. The molecule has 1 N–H and O–H groups in total. The van der Waals surface area contributed by atoms with Gasteiger partial charge in [-0.15, -0.1) is 0 Å². The molecule has 0 atom stereocenters. The van der Waals surface area contributed by atoms with E-state index >= 15 is 0 Å². The molecule has 0 bridgehead atoms. The highest BCUT2D eigenvalue weighted by molar-refractivity contribution is 6.35. The van der Waals surface area contributed by atoms with Gasteiger partial charge in [-0.3, -0.25) is 0 Å². The fraction of sp³-hybridized carbons (Fsp3) is 0.0909. The number of H-pyrrole nitrogens is 1. The third-order valence-electron chi connectivity index (χ3n) is 2.40. The molecule has 0 unspecified atom stereocenters. The van der Waals surface area contributed by atoms with Gasteiger partial charge in [-0.25, -0.2) is 0 Å². The maximum Gasteiger partial charge on any atom is 0.199 e. The number of hydrogen-bond donors (Lipinski definition) is 1. The highest BCUT2D eigenvalue weighted by atomic mass is 35.5. The molecule has 1 aliphatic rings. The lowest BCUT2D eigenvalue weighted by Gasteiger charge is -2.06. The summed E-state index contributed by atoms with van der Waals surface area (Å²) in [5, 5.41) is 1.84. The third kappa shape index (κ3) is 0.976. The molecular weight excluding hydrogens is 198 g/mol. The van der Waals surface area contributed by atoms with E-state index in [-0.39, 0.29) is 0 Å². The molecule has 0 radical (unpaired) electrons. The molecule has 1 aromatic heterocycles. The number of aromatic nitrogens is 1. The maximum atomic E-state index is 6.07. The maximum absolute atomic E-state index is 6.07. The van der Waals surface area contributed by atoms with Crippen molar-refractivity contribution in [2.45, 2.75) is 0 Å². The van der Waals surface area contributed by atoms with E-state index in [9.17, 15) is 0 Å². The van der Waals surface area contributed by atoms with Gasteiger partial charge in [0.1, 0.15) is 6.61 Å². The van der Waals surface area contributed by atoms with Crippen molar-refractivity contribution in [2.75, 3.05) is 6.61 Å². The molecule has 0 saturated carbocycles. The van der Waals surface area contributed by atoms with Gasteiger partial charge in [-0.05, 0) is 18.2 Å². The van der Waals surface area contributed by atoms with Crippen LogP contribution in [0.3, 0.4) is 0 Å². The van der Waals surface area contributed by atoms with Gasteiger partial charge < -0.3 is 9.72 Å². The summed E-state index contributed by atoms with van der Waals surface area (Å²) in [6.45, 7) is 0.622. The van der Waals surface area contributed by atoms with Crippen molar-refractivity contribution in [3.05, 3.63) is 34.9 Å². The standard InChI is InChI=1S/C11H8ClNO/c12-9-5-1-3-7-8-4-2-6-14-11(8)13-10(7)9/h1-5,13H,6H2. The van der Waals surface area contributed by atoms with E-state index in [0.717, 1.165) is 27.4 Å². The molecule has 1 aromatic carbocycles. The minimum Gasteiger partial charge on any atom is -0.474 e. The molecular formula is C11H8ClNO. The van der Waals surface area contributed by atoms with Crippen LogP contribution in [0.15, 0.2) is 24.3 Å². The first-order valence-corrected chi connectivity index (χ1v) is 4.83. The lowest BCUT2D eigenvalue weighted by Crippen LogP contribution is -1.98. The number of para-hydroxylation sites is 1. The average Bonchev–Trinajstić information content (AvgIpc) is 2.59. The molecule has 70 valence electrons. The summed E-state index contributed by atoms with van der Waals surface area (Å²) in [6.07, 6.45) is 4.06. The van der Waals surface area contributed by atoms with E-state index in [2.05, 4.69) is 11.1 Å². The second-order valence-electron chi connectivity index (χ2n) is 3.24. The van der Waals surface area contributed by atoms with E-state index in [4.69, 9.17) is 16.3 Å².